The topological polar surface area (TPSA) is 108 Å². The predicted octanol–water partition coefficient (Wildman–Crippen LogP) is 4.32. The summed E-state index contributed by atoms with van der Waals surface area (Å²) in [6, 6.07) is 5.54. The van der Waals surface area contributed by atoms with Crippen molar-refractivity contribution in [2.45, 2.75) is 72.1 Å². The van der Waals surface area contributed by atoms with E-state index in [9.17, 15) is 19.7 Å². The van der Waals surface area contributed by atoms with Crippen molar-refractivity contribution in [1.29, 1.82) is 0 Å². The number of ether oxygens (including phenoxy) is 2. The van der Waals surface area contributed by atoms with Crippen LogP contribution in [0.15, 0.2) is 35.9 Å². The molecule has 1 unspecified atom stereocenters. The number of nitrogens with zero attached hydrogens (tertiary/aromatic N) is 1. The molecule has 1 rings (SSSR count). The van der Waals surface area contributed by atoms with Crippen LogP contribution in [0.3, 0.4) is 0 Å². The second-order valence-electron chi connectivity index (χ2n) is 8.69. The molecule has 1 amide bonds. The predicted molar refractivity (Wildman–Crippen MR) is 110 cm³/mol. The van der Waals surface area contributed by atoms with Crippen LogP contribution in [0.1, 0.15) is 54.0 Å². The summed E-state index contributed by atoms with van der Waals surface area (Å²) in [5.74, 6) is -0.531. The molecule has 0 saturated carbocycles. The number of nitrogens with one attached hydrogen (secondary N) is 1. The maximum absolute atomic E-state index is 12.3. The van der Waals surface area contributed by atoms with Crippen molar-refractivity contribution in [3.05, 3.63) is 51.6 Å². The van der Waals surface area contributed by atoms with Crippen LogP contribution in [-0.4, -0.2) is 34.2 Å². The summed E-state index contributed by atoms with van der Waals surface area (Å²) in [6.45, 7) is 12.0. The number of rotatable bonds is 6. The minimum Gasteiger partial charge on any atom is -0.457 e. The zero-order chi connectivity index (χ0) is 22.4. The maximum Gasteiger partial charge on any atom is 0.408 e. The average molecular weight is 406 g/mol. The summed E-state index contributed by atoms with van der Waals surface area (Å²) in [5, 5.41) is 14.0. The van der Waals surface area contributed by atoms with Crippen LogP contribution < -0.4 is 5.32 Å². The number of nitro groups is 1. The van der Waals surface area contributed by atoms with E-state index in [0.29, 0.717) is 5.56 Å². The van der Waals surface area contributed by atoms with Crippen molar-refractivity contribution in [2.24, 2.45) is 0 Å². The maximum atomic E-state index is 12.3. The minimum absolute atomic E-state index is 0.0631. The Labute approximate surface area is 171 Å². The number of alkyl carbamates (subject to hydrolysis) is 1. The van der Waals surface area contributed by atoms with Gasteiger partial charge in [0.15, 0.2) is 0 Å². The molecule has 0 saturated heterocycles. The number of benzene rings is 1. The van der Waals surface area contributed by atoms with Crippen molar-refractivity contribution < 1.29 is 24.0 Å². The largest absolute Gasteiger partial charge is 0.457 e. The lowest BCUT2D eigenvalue weighted by atomic mass is 10.0. The highest BCUT2D eigenvalue weighted by Crippen LogP contribution is 2.21. The van der Waals surface area contributed by atoms with Gasteiger partial charge in [0.05, 0.1) is 11.0 Å². The molecular formula is C21H30N2O6. The molecule has 1 atom stereocenters. The Morgan fingerprint density at radius 3 is 2.17 bits per heavy atom. The highest BCUT2D eigenvalue weighted by atomic mass is 16.6. The van der Waals surface area contributed by atoms with Crippen LogP contribution in [0.4, 0.5) is 10.5 Å². The number of esters is 1. The molecule has 0 fully saturated rings. The smallest absolute Gasteiger partial charge is 0.408 e. The second kappa shape index (κ2) is 9.54. The van der Waals surface area contributed by atoms with Crippen molar-refractivity contribution in [1.82, 2.24) is 5.32 Å². The highest BCUT2D eigenvalue weighted by molar-refractivity contribution is 5.88. The van der Waals surface area contributed by atoms with E-state index in [2.05, 4.69) is 5.32 Å². The molecule has 0 bridgehead atoms. The Bertz CT molecular complexity index is 787. The van der Waals surface area contributed by atoms with Gasteiger partial charge in [0.2, 0.25) is 0 Å². The fraction of sp³-hybridized carbons (Fsp3) is 0.524. The summed E-state index contributed by atoms with van der Waals surface area (Å²) in [4.78, 5) is 35.4. The molecule has 0 aromatic heterocycles. The lowest BCUT2D eigenvalue weighted by Gasteiger charge is -2.23. The fourth-order valence-electron chi connectivity index (χ4n) is 2.44. The van der Waals surface area contributed by atoms with E-state index >= 15 is 0 Å². The van der Waals surface area contributed by atoms with E-state index in [4.69, 9.17) is 9.47 Å². The molecule has 1 aromatic rings. The van der Waals surface area contributed by atoms with Gasteiger partial charge in [-0.1, -0.05) is 24.3 Å². The Morgan fingerprint density at radius 1 is 1.10 bits per heavy atom. The van der Waals surface area contributed by atoms with Gasteiger partial charge in [0.25, 0.3) is 5.69 Å². The number of para-hydroxylation sites is 1. The van der Waals surface area contributed by atoms with Gasteiger partial charge in [-0.25, -0.2) is 9.59 Å². The standard InChI is InChI=1S/C21H30N2O6/c1-14(18(24)28-20(2,3)4)12-16(22-19(25)29-21(5,6)7)13-15-10-8-9-11-17(15)23(26)27/h8-12,16H,13H2,1-7H3,(H,22,25). The summed E-state index contributed by atoms with van der Waals surface area (Å²) in [7, 11) is 0. The quantitative estimate of drug-likeness (QED) is 0.326. The molecule has 160 valence electrons. The average Bonchev–Trinajstić information content (AvgIpc) is 2.51. The van der Waals surface area contributed by atoms with Crippen LogP contribution in [0, 0.1) is 10.1 Å². The first kappa shape index (κ1) is 24.1. The Hall–Kier alpha value is -2.90. The summed E-state index contributed by atoms with van der Waals surface area (Å²) < 4.78 is 10.6. The second-order valence-corrected chi connectivity index (χ2v) is 8.69. The SMILES string of the molecule is CC(=CC(Cc1ccccc1[N+](=O)[O-])NC(=O)OC(C)(C)C)C(=O)OC(C)(C)C. The molecule has 0 aliphatic heterocycles. The zero-order valence-electron chi connectivity index (χ0n) is 18.1. The Balaban J connectivity index is 3.15. The molecular weight excluding hydrogens is 376 g/mol. The number of carbonyl (C=O) groups is 2. The normalized spacial score (nSPS) is 13.4. The van der Waals surface area contributed by atoms with E-state index in [1.807, 2.05) is 0 Å². The number of nitro benzene ring substituents is 1. The van der Waals surface area contributed by atoms with Crippen LogP contribution in [0.2, 0.25) is 0 Å². The fourth-order valence-corrected chi connectivity index (χ4v) is 2.44. The van der Waals surface area contributed by atoms with Crippen molar-refractivity contribution in [3.8, 4) is 0 Å². The monoisotopic (exact) mass is 406 g/mol. The molecule has 0 radical (unpaired) electrons. The number of carbonyl (C=O) groups excluding carboxylic acids is 2. The Kier molecular flexibility index (Phi) is 7.94. The van der Waals surface area contributed by atoms with Gasteiger partial charge in [-0.15, -0.1) is 0 Å². The molecule has 29 heavy (non-hydrogen) atoms. The highest BCUT2D eigenvalue weighted by Gasteiger charge is 2.23. The minimum atomic E-state index is -0.711. The summed E-state index contributed by atoms with van der Waals surface area (Å²) >= 11 is 0. The summed E-state index contributed by atoms with van der Waals surface area (Å²) in [5.41, 5.74) is -0.742. The van der Waals surface area contributed by atoms with E-state index in [-0.39, 0.29) is 17.7 Å². The third-order valence-electron chi connectivity index (χ3n) is 3.50. The molecule has 0 heterocycles. The van der Waals surface area contributed by atoms with Gasteiger partial charge in [0, 0.05) is 23.6 Å². The summed E-state index contributed by atoms with van der Waals surface area (Å²) in [6.07, 6.45) is 0.944. The number of amides is 1. The van der Waals surface area contributed by atoms with Gasteiger partial charge < -0.3 is 14.8 Å². The first-order valence-electron chi connectivity index (χ1n) is 9.31. The molecule has 1 aromatic carbocycles. The van der Waals surface area contributed by atoms with Gasteiger partial charge in [0.1, 0.15) is 11.2 Å². The molecule has 8 heteroatoms. The van der Waals surface area contributed by atoms with Crippen molar-refractivity contribution in [2.75, 3.05) is 0 Å². The van der Waals surface area contributed by atoms with Gasteiger partial charge in [-0.05, 0) is 48.5 Å². The molecule has 0 spiro atoms. The third kappa shape index (κ3) is 9.23. The number of hydrogen-bond acceptors (Lipinski definition) is 6. The van der Waals surface area contributed by atoms with Gasteiger partial charge >= 0.3 is 12.1 Å². The first-order valence-corrected chi connectivity index (χ1v) is 9.31. The lowest BCUT2D eigenvalue weighted by Crippen LogP contribution is -2.39. The van der Waals surface area contributed by atoms with Gasteiger partial charge in [-0.2, -0.15) is 0 Å². The Morgan fingerprint density at radius 2 is 1.66 bits per heavy atom. The zero-order valence-corrected chi connectivity index (χ0v) is 18.1. The van der Waals surface area contributed by atoms with E-state index < -0.39 is 34.2 Å². The van der Waals surface area contributed by atoms with E-state index in [0.717, 1.165) is 0 Å². The van der Waals surface area contributed by atoms with Crippen molar-refractivity contribution >= 4 is 17.7 Å². The van der Waals surface area contributed by atoms with E-state index in [1.165, 1.54) is 12.1 Å². The third-order valence-corrected chi connectivity index (χ3v) is 3.50. The van der Waals surface area contributed by atoms with E-state index in [1.54, 1.807) is 66.7 Å². The molecule has 0 aliphatic carbocycles. The molecule has 0 aliphatic rings. The first-order chi connectivity index (χ1) is 13.2. The van der Waals surface area contributed by atoms with Crippen LogP contribution >= 0.6 is 0 Å². The molecule has 1 N–H and O–H groups in total. The number of hydrogen-bond donors (Lipinski definition) is 1. The van der Waals surface area contributed by atoms with Crippen molar-refractivity contribution in [3.63, 3.8) is 0 Å². The van der Waals surface area contributed by atoms with Crippen LogP contribution in [-0.2, 0) is 20.7 Å². The van der Waals surface area contributed by atoms with Crippen LogP contribution in [0.5, 0.6) is 0 Å². The van der Waals surface area contributed by atoms with Gasteiger partial charge in [-0.3, -0.25) is 10.1 Å². The lowest BCUT2D eigenvalue weighted by molar-refractivity contribution is -0.385. The van der Waals surface area contributed by atoms with Crippen LogP contribution in [0.25, 0.3) is 0 Å². The molecule has 8 nitrogen and oxygen atoms in total.